The van der Waals surface area contributed by atoms with Crippen molar-refractivity contribution in [2.45, 2.75) is 38.6 Å². The second-order valence-corrected chi connectivity index (χ2v) is 6.39. The maximum absolute atomic E-state index is 12.8. The molecule has 3 heteroatoms. The molecular weight excluding hydrogens is 322 g/mol. The van der Waals surface area contributed by atoms with E-state index >= 15 is 0 Å². The number of rotatable bonds is 10. The molecule has 0 heterocycles. The third-order valence-corrected chi connectivity index (χ3v) is 4.26. The SMILES string of the molecule is CCCCC([C]=O)NC(=O)C(/C=C/c1ccccc1)Cc1ccccc1. The van der Waals surface area contributed by atoms with Gasteiger partial charge in [-0.25, -0.2) is 0 Å². The van der Waals surface area contributed by atoms with Crippen molar-refractivity contribution in [3.05, 3.63) is 77.9 Å². The molecule has 0 aliphatic rings. The Hall–Kier alpha value is -2.68. The van der Waals surface area contributed by atoms with Crippen LogP contribution in [0.25, 0.3) is 6.08 Å². The number of hydrogen-bond acceptors (Lipinski definition) is 2. The van der Waals surface area contributed by atoms with Gasteiger partial charge in [0.2, 0.25) is 12.2 Å². The largest absolute Gasteiger partial charge is 0.345 e. The number of benzene rings is 2. The summed E-state index contributed by atoms with van der Waals surface area (Å²) in [6, 6.07) is 19.3. The highest BCUT2D eigenvalue weighted by atomic mass is 16.2. The molecule has 26 heavy (non-hydrogen) atoms. The van der Waals surface area contributed by atoms with Crippen LogP contribution in [0.5, 0.6) is 0 Å². The lowest BCUT2D eigenvalue weighted by Crippen LogP contribution is -2.40. The van der Waals surface area contributed by atoms with E-state index in [1.54, 1.807) is 0 Å². The van der Waals surface area contributed by atoms with Crippen LogP contribution in [0.4, 0.5) is 0 Å². The van der Waals surface area contributed by atoms with Gasteiger partial charge >= 0.3 is 0 Å². The Bertz CT molecular complexity index is 695. The predicted octanol–water partition coefficient (Wildman–Crippen LogP) is 4.34. The first kappa shape index (κ1) is 19.6. The first-order valence-electron chi connectivity index (χ1n) is 9.18. The zero-order valence-electron chi connectivity index (χ0n) is 15.2. The minimum atomic E-state index is -0.536. The molecule has 1 amide bonds. The second kappa shape index (κ2) is 11.0. The lowest BCUT2D eigenvalue weighted by molar-refractivity contribution is -0.123. The van der Waals surface area contributed by atoms with Gasteiger partial charge in [-0.15, -0.1) is 0 Å². The van der Waals surface area contributed by atoms with Crippen LogP contribution in [-0.4, -0.2) is 18.2 Å². The number of amides is 1. The van der Waals surface area contributed by atoms with Crippen LogP contribution in [0, 0.1) is 5.92 Å². The maximum Gasteiger partial charge on any atom is 0.227 e. The van der Waals surface area contributed by atoms with Crippen molar-refractivity contribution < 1.29 is 9.59 Å². The zero-order chi connectivity index (χ0) is 18.6. The van der Waals surface area contributed by atoms with Gasteiger partial charge in [0, 0.05) is 0 Å². The molecule has 0 saturated carbocycles. The van der Waals surface area contributed by atoms with E-state index in [1.807, 2.05) is 79.1 Å². The van der Waals surface area contributed by atoms with E-state index in [0.717, 1.165) is 24.0 Å². The summed E-state index contributed by atoms with van der Waals surface area (Å²) >= 11 is 0. The van der Waals surface area contributed by atoms with E-state index in [9.17, 15) is 9.59 Å². The highest BCUT2D eigenvalue weighted by Crippen LogP contribution is 2.14. The van der Waals surface area contributed by atoms with Gasteiger partial charge in [0.25, 0.3) is 0 Å². The lowest BCUT2D eigenvalue weighted by atomic mass is 9.96. The summed E-state index contributed by atoms with van der Waals surface area (Å²) in [4.78, 5) is 23.9. The van der Waals surface area contributed by atoms with Gasteiger partial charge in [-0.2, -0.15) is 0 Å². The normalized spacial score (nSPS) is 13.3. The van der Waals surface area contributed by atoms with Crippen LogP contribution in [0.3, 0.4) is 0 Å². The fourth-order valence-corrected chi connectivity index (χ4v) is 2.76. The summed E-state index contributed by atoms with van der Waals surface area (Å²) in [5.41, 5.74) is 2.13. The highest BCUT2D eigenvalue weighted by molar-refractivity contribution is 5.84. The van der Waals surface area contributed by atoms with Crippen LogP contribution >= 0.6 is 0 Å². The van der Waals surface area contributed by atoms with Crippen LogP contribution in [0.2, 0.25) is 0 Å². The molecule has 1 radical (unpaired) electrons. The molecule has 135 valence electrons. The van der Waals surface area contributed by atoms with E-state index in [0.29, 0.717) is 12.8 Å². The summed E-state index contributed by atoms with van der Waals surface area (Å²) < 4.78 is 0. The third-order valence-electron chi connectivity index (χ3n) is 4.26. The molecule has 2 rings (SSSR count). The Morgan fingerprint density at radius 2 is 1.73 bits per heavy atom. The predicted molar refractivity (Wildman–Crippen MR) is 106 cm³/mol. The van der Waals surface area contributed by atoms with Crippen molar-refractivity contribution in [3.8, 4) is 0 Å². The molecule has 0 saturated heterocycles. The summed E-state index contributed by atoms with van der Waals surface area (Å²) in [7, 11) is 0. The minimum absolute atomic E-state index is 0.134. The van der Waals surface area contributed by atoms with E-state index in [-0.39, 0.29) is 11.8 Å². The molecule has 2 unspecified atom stereocenters. The van der Waals surface area contributed by atoms with Crippen LogP contribution < -0.4 is 5.32 Å². The average Bonchev–Trinajstić information content (AvgIpc) is 2.69. The van der Waals surface area contributed by atoms with E-state index < -0.39 is 6.04 Å². The van der Waals surface area contributed by atoms with Crippen molar-refractivity contribution in [3.63, 3.8) is 0 Å². The van der Waals surface area contributed by atoms with Gasteiger partial charge in [0.1, 0.15) is 0 Å². The monoisotopic (exact) mass is 348 g/mol. The fraction of sp³-hybridized carbons (Fsp3) is 0.304. The molecule has 0 spiro atoms. The molecule has 2 aromatic carbocycles. The highest BCUT2D eigenvalue weighted by Gasteiger charge is 2.19. The van der Waals surface area contributed by atoms with Gasteiger partial charge < -0.3 is 5.32 Å². The molecule has 0 bridgehead atoms. The molecular formula is C23H26NO2. The number of carbonyl (C=O) groups excluding carboxylic acids is 2. The topological polar surface area (TPSA) is 46.2 Å². The minimum Gasteiger partial charge on any atom is -0.345 e. The van der Waals surface area contributed by atoms with Gasteiger partial charge in [-0.05, 0) is 24.0 Å². The summed E-state index contributed by atoms with van der Waals surface area (Å²) in [6.07, 6.45) is 8.93. The molecule has 0 fully saturated rings. The molecule has 0 aliphatic heterocycles. The zero-order valence-corrected chi connectivity index (χ0v) is 15.2. The average molecular weight is 348 g/mol. The number of carbonyl (C=O) groups is 1. The molecule has 0 aromatic heterocycles. The Morgan fingerprint density at radius 3 is 2.35 bits per heavy atom. The van der Waals surface area contributed by atoms with Crippen molar-refractivity contribution in [1.29, 1.82) is 0 Å². The van der Waals surface area contributed by atoms with Gasteiger partial charge in [-0.3, -0.25) is 9.59 Å². The lowest BCUT2D eigenvalue weighted by Gasteiger charge is -2.17. The Labute approximate surface area is 156 Å². The van der Waals surface area contributed by atoms with Gasteiger partial charge in [-0.1, -0.05) is 92.6 Å². The Balaban J connectivity index is 2.12. The smallest absolute Gasteiger partial charge is 0.227 e. The standard InChI is InChI=1S/C23H26NO2/c1-2-3-14-22(18-25)24-23(26)21(17-20-12-8-5-9-13-20)16-15-19-10-6-4-7-11-19/h4-13,15-16,21-22H,2-3,14,17H2,1H3,(H,24,26)/b16-15+. The number of hydrogen-bond donors (Lipinski definition) is 1. The molecule has 1 N–H and O–H groups in total. The third kappa shape index (κ3) is 6.67. The first-order valence-corrected chi connectivity index (χ1v) is 9.18. The van der Waals surface area contributed by atoms with E-state index in [1.165, 1.54) is 0 Å². The summed E-state index contributed by atoms with van der Waals surface area (Å²) in [5, 5.41) is 2.84. The van der Waals surface area contributed by atoms with Crippen LogP contribution in [0.15, 0.2) is 66.7 Å². The Morgan fingerprint density at radius 1 is 1.08 bits per heavy atom. The number of unbranched alkanes of at least 4 members (excludes halogenated alkanes) is 1. The number of nitrogens with one attached hydrogen (secondary N) is 1. The Kier molecular flexibility index (Phi) is 8.34. The van der Waals surface area contributed by atoms with E-state index in [4.69, 9.17) is 0 Å². The summed E-state index contributed by atoms with van der Waals surface area (Å²) in [6.45, 7) is 2.06. The van der Waals surface area contributed by atoms with Crippen LogP contribution in [-0.2, 0) is 16.0 Å². The molecule has 3 nitrogen and oxygen atoms in total. The fourth-order valence-electron chi connectivity index (χ4n) is 2.76. The van der Waals surface area contributed by atoms with Crippen molar-refractivity contribution in [2.24, 2.45) is 5.92 Å². The van der Waals surface area contributed by atoms with Gasteiger partial charge in [0.15, 0.2) is 0 Å². The van der Waals surface area contributed by atoms with E-state index in [2.05, 4.69) is 12.2 Å². The maximum atomic E-state index is 12.8. The summed E-state index contributed by atoms with van der Waals surface area (Å²) in [5.74, 6) is -0.472. The molecule has 0 aliphatic carbocycles. The van der Waals surface area contributed by atoms with Crippen LogP contribution in [0.1, 0.15) is 37.3 Å². The first-order chi connectivity index (χ1) is 12.7. The molecule has 2 aromatic rings. The van der Waals surface area contributed by atoms with Crippen molar-refractivity contribution >= 4 is 18.3 Å². The van der Waals surface area contributed by atoms with Crippen molar-refractivity contribution in [2.75, 3.05) is 0 Å². The molecule has 2 atom stereocenters. The van der Waals surface area contributed by atoms with Crippen molar-refractivity contribution in [1.82, 2.24) is 5.32 Å². The second-order valence-electron chi connectivity index (χ2n) is 6.39. The quantitative estimate of drug-likeness (QED) is 0.694. The van der Waals surface area contributed by atoms with Gasteiger partial charge in [0.05, 0.1) is 12.0 Å².